The van der Waals surface area contributed by atoms with Gasteiger partial charge in [-0.1, -0.05) is 20.3 Å². The van der Waals surface area contributed by atoms with Crippen molar-refractivity contribution in [1.29, 1.82) is 0 Å². The molecule has 1 aliphatic rings. The molecule has 16 heavy (non-hydrogen) atoms. The number of nitrogens with two attached hydrogens (primary N) is 1. The van der Waals surface area contributed by atoms with Crippen LogP contribution < -0.4 is 5.73 Å². The maximum atomic E-state index is 5.87. The summed E-state index contributed by atoms with van der Waals surface area (Å²) in [5, 5.41) is 0. The van der Waals surface area contributed by atoms with Gasteiger partial charge in [-0.15, -0.1) is 11.3 Å². The third-order valence-electron chi connectivity index (χ3n) is 3.61. The molecular formula is C14H23NS. The Bertz CT molecular complexity index is 354. The quantitative estimate of drug-likeness (QED) is 0.850. The van der Waals surface area contributed by atoms with E-state index in [0.29, 0.717) is 5.92 Å². The van der Waals surface area contributed by atoms with Crippen LogP contribution in [0.2, 0.25) is 0 Å². The van der Waals surface area contributed by atoms with E-state index in [-0.39, 0.29) is 0 Å². The van der Waals surface area contributed by atoms with Gasteiger partial charge in [-0.05, 0) is 55.7 Å². The standard InChI is InChI=1S/C14H23NS/c1-3-6-13-14(10(2)9-15)11-7-4-5-8-12(11)16-13/h10H,3-9,15H2,1-2H3. The molecule has 0 fully saturated rings. The molecule has 2 heteroatoms. The normalized spacial score (nSPS) is 17.2. The van der Waals surface area contributed by atoms with E-state index in [1.54, 1.807) is 20.9 Å². The van der Waals surface area contributed by atoms with Crippen LogP contribution >= 0.6 is 11.3 Å². The van der Waals surface area contributed by atoms with E-state index >= 15 is 0 Å². The summed E-state index contributed by atoms with van der Waals surface area (Å²) in [6, 6.07) is 0. The highest BCUT2D eigenvalue weighted by Gasteiger charge is 2.22. The lowest BCUT2D eigenvalue weighted by Gasteiger charge is -2.17. The number of aryl methyl sites for hydroxylation is 2. The lowest BCUT2D eigenvalue weighted by atomic mass is 9.88. The molecule has 1 heterocycles. The van der Waals surface area contributed by atoms with Crippen molar-refractivity contribution in [2.45, 2.75) is 58.3 Å². The van der Waals surface area contributed by atoms with Crippen molar-refractivity contribution in [3.05, 3.63) is 20.9 Å². The van der Waals surface area contributed by atoms with Gasteiger partial charge in [0.1, 0.15) is 0 Å². The first kappa shape index (κ1) is 12.1. The summed E-state index contributed by atoms with van der Waals surface area (Å²) in [5.74, 6) is 0.555. The van der Waals surface area contributed by atoms with E-state index in [0.717, 1.165) is 6.54 Å². The van der Waals surface area contributed by atoms with E-state index in [4.69, 9.17) is 5.73 Å². The maximum absolute atomic E-state index is 5.87. The van der Waals surface area contributed by atoms with Gasteiger partial charge in [0.25, 0.3) is 0 Å². The minimum Gasteiger partial charge on any atom is -0.330 e. The molecule has 1 aromatic rings. The Kier molecular flexibility index (Phi) is 4.04. The number of hydrogen-bond donors (Lipinski definition) is 1. The van der Waals surface area contributed by atoms with Gasteiger partial charge < -0.3 is 5.73 Å². The second kappa shape index (κ2) is 5.33. The molecule has 90 valence electrons. The third kappa shape index (κ3) is 2.18. The van der Waals surface area contributed by atoms with Gasteiger partial charge in [0.05, 0.1) is 0 Å². The fraction of sp³-hybridized carbons (Fsp3) is 0.714. The SMILES string of the molecule is CCCc1sc2c(c1C(C)CN)CCCC2. The average molecular weight is 237 g/mol. The second-order valence-electron chi connectivity index (χ2n) is 4.93. The van der Waals surface area contributed by atoms with E-state index in [1.165, 1.54) is 38.5 Å². The zero-order valence-corrected chi connectivity index (χ0v) is 11.3. The lowest BCUT2D eigenvalue weighted by Crippen LogP contribution is -2.12. The fourth-order valence-electron chi connectivity index (χ4n) is 2.75. The van der Waals surface area contributed by atoms with Crippen LogP contribution in [0.15, 0.2) is 0 Å². The average Bonchev–Trinajstić information content (AvgIpc) is 2.66. The molecule has 0 bridgehead atoms. The smallest absolute Gasteiger partial charge is 0.00861 e. The molecule has 1 aromatic heterocycles. The monoisotopic (exact) mass is 237 g/mol. The van der Waals surface area contributed by atoms with Crippen molar-refractivity contribution in [1.82, 2.24) is 0 Å². The summed E-state index contributed by atoms with van der Waals surface area (Å²) in [6.07, 6.45) is 7.87. The van der Waals surface area contributed by atoms with Crippen molar-refractivity contribution in [3.8, 4) is 0 Å². The van der Waals surface area contributed by atoms with Crippen LogP contribution in [0.1, 0.15) is 59.9 Å². The lowest BCUT2D eigenvalue weighted by molar-refractivity contribution is 0.673. The summed E-state index contributed by atoms with van der Waals surface area (Å²) >= 11 is 2.07. The molecule has 2 rings (SSSR count). The van der Waals surface area contributed by atoms with Gasteiger partial charge in [-0.3, -0.25) is 0 Å². The number of thiophene rings is 1. The molecule has 0 spiro atoms. The zero-order chi connectivity index (χ0) is 11.5. The predicted molar refractivity (Wildman–Crippen MR) is 72.4 cm³/mol. The van der Waals surface area contributed by atoms with E-state index in [2.05, 4.69) is 25.2 Å². The first-order chi connectivity index (χ1) is 7.77. The minimum absolute atomic E-state index is 0.555. The predicted octanol–water partition coefficient (Wildman–Crippen LogP) is 3.64. The summed E-state index contributed by atoms with van der Waals surface area (Å²) < 4.78 is 0. The Labute approximate surface area is 103 Å². The maximum Gasteiger partial charge on any atom is 0.00861 e. The van der Waals surface area contributed by atoms with Gasteiger partial charge >= 0.3 is 0 Å². The fourth-order valence-corrected chi connectivity index (χ4v) is 4.37. The molecule has 0 saturated heterocycles. The Morgan fingerprint density at radius 1 is 1.31 bits per heavy atom. The van der Waals surface area contributed by atoms with Crippen LogP contribution in [-0.2, 0) is 19.3 Å². The van der Waals surface area contributed by atoms with Crippen LogP contribution in [0.5, 0.6) is 0 Å². The van der Waals surface area contributed by atoms with Crippen LogP contribution in [0.3, 0.4) is 0 Å². The first-order valence-electron chi connectivity index (χ1n) is 6.61. The minimum atomic E-state index is 0.555. The van der Waals surface area contributed by atoms with Gasteiger partial charge in [-0.2, -0.15) is 0 Å². The van der Waals surface area contributed by atoms with E-state index in [1.807, 2.05) is 0 Å². The zero-order valence-electron chi connectivity index (χ0n) is 10.5. The first-order valence-corrected chi connectivity index (χ1v) is 7.43. The molecule has 0 radical (unpaired) electrons. The molecule has 2 N–H and O–H groups in total. The van der Waals surface area contributed by atoms with Crippen LogP contribution in [-0.4, -0.2) is 6.54 Å². The largest absolute Gasteiger partial charge is 0.330 e. The van der Waals surface area contributed by atoms with Crippen molar-refractivity contribution in [3.63, 3.8) is 0 Å². The number of fused-ring (bicyclic) bond motifs is 1. The van der Waals surface area contributed by atoms with Gasteiger partial charge in [-0.25, -0.2) is 0 Å². The Morgan fingerprint density at radius 3 is 2.75 bits per heavy atom. The summed E-state index contributed by atoms with van der Waals surface area (Å²) in [5.41, 5.74) is 9.17. The van der Waals surface area contributed by atoms with Crippen LogP contribution in [0, 0.1) is 0 Å². The topological polar surface area (TPSA) is 26.0 Å². The molecule has 1 unspecified atom stereocenters. The van der Waals surface area contributed by atoms with Crippen molar-refractivity contribution in [2.75, 3.05) is 6.54 Å². The highest BCUT2D eigenvalue weighted by Crippen LogP contribution is 2.38. The molecule has 0 saturated carbocycles. The molecule has 1 atom stereocenters. The molecule has 0 amide bonds. The summed E-state index contributed by atoms with van der Waals surface area (Å²) in [6.45, 7) is 5.35. The highest BCUT2D eigenvalue weighted by atomic mass is 32.1. The Hall–Kier alpha value is -0.340. The molecule has 0 aromatic carbocycles. The molecule has 1 nitrogen and oxygen atoms in total. The Balaban J connectivity index is 2.39. The van der Waals surface area contributed by atoms with Crippen molar-refractivity contribution < 1.29 is 0 Å². The van der Waals surface area contributed by atoms with E-state index in [9.17, 15) is 0 Å². The molecule has 1 aliphatic carbocycles. The number of hydrogen-bond acceptors (Lipinski definition) is 2. The van der Waals surface area contributed by atoms with Crippen LogP contribution in [0.4, 0.5) is 0 Å². The van der Waals surface area contributed by atoms with Crippen LogP contribution in [0.25, 0.3) is 0 Å². The number of rotatable bonds is 4. The second-order valence-corrected chi connectivity index (χ2v) is 6.12. The van der Waals surface area contributed by atoms with Gasteiger partial charge in [0.2, 0.25) is 0 Å². The summed E-state index contributed by atoms with van der Waals surface area (Å²) in [7, 11) is 0. The van der Waals surface area contributed by atoms with E-state index < -0.39 is 0 Å². The Morgan fingerprint density at radius 2 is 2.06 bits per heavy atom. The molecule has 0 aliphatic heterocycles. The van der Waals surface area contributed by atoms with Crippen molar-refractivity contribution in [2.24, 2.45) is 5.73 Å². The van der Waals surface area contributed by atoms with Crippen molar-refractivity contribution >= 4 is 11.3 Å². The third-order valence-corrected chi connectivity index (χ3v) is 4.98. The van der Waals surface area contributed by atoms with Gasteiger partial charge in [0, 0.05) is 9.75 Å². The summed E-state index contributed by atoms with van der Waals surface area (Å²) in [4.78, 5) is 3.30. The molecular weight excluding hydrogens is 214 g/mol. The highest BCUT2D eigenvalue weighted by molar-refractivity contribution is 7.12. The van der Waals surface area contributed by atoms with Gasteiger partial charge in [0.15, 0.2) is 0 Å².